The van der Waals surface area contributed by atoms with E-state index in [4.69, 9.17) is 5.11 Å². The van der Waals surface area contributed by atoms with Crippen molar-refractivity contribution in [1.82, 2.24) is 0 Å². The van der Waals surface area contributed by atoms with E-state index in [1.165, 1.54) is 25.7 Å². The summed E-state index contributed by atoms with van der Waals surface area (Å²) in [6.07, 6.45) is 6.44. The van der Waals surface area contributed by atoms with Gasteiger partial charge in [-0.15, -0.1) is 0 Å². The average Bonchev–Trinajstić information content (AvgIpc) is 2.34. The largest absolute Gasteiger partial charge is 0.481 e. The molecule has 0 rings (SSSR count). The maximum Gasteiger partial charge on any atom is 0.331 e. The van der Waals surface area contributed by atoms with Crippen LogP contribution in [0.15, 0.2) is 0 Å². The maximum absolute atomic E-state index is 11.3. The molecule has 6 nitrogen and oxygen atoms in total. The molecule has 0 amide bonds. The lowest BCUT2D eigenvalue weighted by atomic mass is 10.0. The van der Waals surface area contributed by atoms with Gasteiger partial charge in [0.15, 0.2) is 0 Å². The van der Waals surface area contributed by atoms with Crippen LogP contribution >= 0.6 is 7.60 Å². The summed E-state index contributed by atoms with van der Waals surface area (Å²) in [7, 11) is -4.47. The summed E-state index contributed by atoms with van der Waals surface area (Å²) in [6, 6.07) is 0. The van der Waals surface area contributed by atoms with Gasteiger partial charge >= 0.3 is 13.6 Å². The Labute approximate surface area is 126 Å². The van der Waals surface area contributed by atoms with E-state index >= 15 is 0 Å². The molecule has 0 aliphatic rings. The van der Waals surface area contributed by atoms with Crippen molar-refractivity contribution in [2.75, 3.05) is 0 Å². The highest BCUT2D eigenvalue weighted by molar-refractivity contribution is 7.52. The summed E-state index contributed by atoms with van der Waals surface area (Å²) in [4.78, 5) is 29.0. The van der Waals surface area contributed by atoms with E-state index in [9.17, 15) is 24.3 Å². The van der Waals surface area contributed by atoms with Crippen molar-refractivity contribution in [1.29, 1.82) is 0 Å². The third-order valence-electron chi connectivity index (χ3n) is 3.61. The molecule has 21 heavy (non-hydrogen) atoms. The number of aliphatic carboxylic acids is 1. The summed E-state index contributed by atoms with van der Waals surface area (Å²) in [6.45, 7) is 2.16. The Bertz CT molecular complexity index is 327. The van der Waals surface area contributed by atoms with Gasteiger partial charge in [-0.2, -0.15) is 0 Å². The summed E-state index contributed by atoms with van der Waals surface area (Å²) in [5.74, 6) is -1.25. The predicted octanol–water partition coefficient (Wildman–Crippen LogP) is 2.90. The van der Waals surface area contributed by atoms with Crippen LogP contribution in [0.3, 0.4) is 0 Å². The number of carboxylic acid groups (broad SMARTS) is 1. The monoisotopic (exact) mass is 324 g/mol. The molecule has 7 heteroatoms. The van der Waals surface area contributed by atoms with Crippen molar-refractivity contribution in [3.05, 3.63) is 0 Å². The fourth-order valence-corrected chi connectivity index (χ4v) is 3.46. The SMILES string of the molecule is CCCCCCCCCCC(C(O)CC(=O)O)P(=O)(O)O. The highest BCUT2D eigenvalue weighted by atomic mass is 31.2. The van der Waals surface area contributed by atoms with Gasteiger partial charge in [-0.1, -0.05) is 58.3 Å². The molecule has 126 valence electrons. The highest BCUT2D eigenvalue weighted by Crippen LogP contribution is 2.46. The molecule has 0 bridgehead atoms. The fraction of sp³-hybridized carbons (Fsp3) is 0.929. The summed E-state index contributed by atoms with van der Waals surface area (Å²) in [5, 5.41) is 18.2. The number of hydrogen-bond donors (Lipinski definition) is 4. The second-order valence-electron chi connectivity index (χ2n) is 5.59. The van der Waals surface area contributed by atoms with Crippen LogP contribution in [0.4, 0.5) is 0 Å². The number of aliphatic hydroxyl groups excluding tert-OH is 1. The molecule has 0 radical (unpaired) electrons. The molecule has 0 spiro atoms. The molecular weight excluding hydrogens is 295 g/mol. The van der Waals surface area contributed by atoms with Crippen LogP contribution in [0.25, 0.3) is 0 Å². The molecule has 2 atom stereocenters. The van der Waals surface area contributed by atoms with E-state index in [2.05, 4.69) is 6.92 Å². The lowest BCUT2D eigenvalue weighted by Gasteiger charge is -2.22. The molecule has 0 aromatic heterocycles. The Morgan fingerprint density at radius 1 is 1.00 bits per heavy atom. The van der Waals surface area contributed by atoms with Gasteiger partial charge in [0.25, 0.3) is 0 Å². The Morgan fingerprint density at radius 2 is 1.48 bits per heavy atom. The highest BCUT2D eigenvalue weighted by Gasteiger charge is 2.35. The topological polar surface area (TPSA) is 115 Å². The molecule has 2 unspecified atom stereocenters. The first kappa shape index (κ1) is 20.6. The van der Waals surface area contributed by atoms with Crippen LogP contribution in [-0.4, -0.2) is 37.7 Å². The minimum absolute atomic E-state index is 0.160. The van der Waals surface area contributed by atoms with Crippen molar-refractivity contribution in [2.24, 2.45) is 0 Å². The van der Waals surface area contributed by atoms with Crippen molar-refractivity contribution >= 4 is 13.6 Å². The molecule has 0 aromatic rings. The van der Waals surface area contributed by atoms with Gasteiger partial charge in [0, 0.05) is 0 Å². The fourth-order valence-electron chi connectivity index (χ4n) is 2.39. The number of carbonyl (C=O) groups is 1. The van der Waals surface area contributed by atoms with Gasteiger partial charge in [-0.25, -0.2) is 0 Å². The van der Waals surface area contributed by atoms with Crippen molar-refractivity contribution in [3.8, 4) is 0 Å². The Kier molecular flexibility index (Phi) is 11.0. The molecule has 4 N–H and O–H groups in total. The number of hydrogen-bond acceptors (Lipinski definition) is 3. The lowest BCUT2D eigenvalue weighted by Crippen LogP contribution is -2.28. The second kappa shape index (κ2) is 11.2. The number of unbranched alkanes of at least 4 members (excludes halogenated alkanes) is 7. The van der Waals surface area contributed by atoms with Crippen LogP contribution in [0.5, 0.6) is 0 Å². The van der Waals surface area contributed by atoms with Gasteiger partial charge in [0.1, 0.15) is 0 Å². The zero-order valence-corrected chi connectivity index (χ0v) is 13.7. The van der Waals surface area contributed by atoms with E-state index in [-0.39, 0.29) is 6.42 Å². The molecule has 0 aliphatic heterocycles. The summed E-state index contributed by atoms with van der Waals surface area (Å²) in [5.41, 5.74) is -1.27. The molecule has 0 saturated heterocycles. The minimum Gasteiger partial charge on any atom is -0.481 e. The van der Waals surface area contributed by atoms with E-state index in [1.807, 2.05) is 0 Å². The van der Waals surface area contributed by atoms with Crippen molar-refractivity contribution < 1.29 is 29.4 Å². The van der Waals surface area contributed by atoms with E-state index in [1.54, 1.807) is 0 Å². The van der Waals surface area contributed by atoms with Gasteiger partial charge in [-0.05, 0) is 6.42 Å². The van der Waals surface area contributed by atoms with Gasteiger partial charge in [0.2, 0.25) is 0 Å². The Morgan fingerprint density at radius 3 is 1.90 bits per heavy atom. The molecule has 0 saturated carbocycles. The molecule has 0 heterocycles. The molecule has 0 fully saturated rings. The third-order valence-corrected chi connectivity index (χ3v) is 5.08. The van der Waals surface area contributed by atoms with Gasteiger partial charge < -0.3 is 20.0 Å². The van der Waals surface area contributed by atoms with Gasteiger partial charge in [-0.3, -0.25) is 9.36 Å². The standard InChI is InChI=1S/C14H29O6P/c1-2-3-4-5-6-7-8-9-10-13(21(18,19)20)12(15)11-14(16)17/h12-13,15H,2-11H2,1H3,(H,16,17)(H2,18,19,20). The van der Waals surface area contributed by atoms with Gasteiger partial charge in [0.05, 0.1) is 18.2 Å². The minimum atomic E-state index is -4.47. The van der Waals surface area contributed by atoms with E-state index < -0.39 is 31.7 Å². The molecule has 0 aliphatic carbocycles. The third kappa shape index (κ3) is 10.9. The number of rotatable bonds is 13. The van der Waals surface area contributed by atoms with Crippen LogP contribution < -0.4 is 0 Å². The number of carboxylic acids is 1. The number of aliphatic hydroxyl groups is 1. The Balaban J connectivity index is 3.98. The first-order valence-electron chi connectivity index (χ1n) is 7.74. The van der Waals surface area contributed by atoms with Crippen LogP contribution in [0.2, 0.25) is 0 Å². The predicted molar refractivity (Wildman–Crippen MR) is 81.3 cm³/mol. The summed E-state index contributed by atoms with van der Waals surface area (Å²) < 4.78 is 11.3. The van der Waals surface area contributed by atoms with Crippen LogP contribution in [0, 0.1) is 0 Å². The van der Waals surface area contributed by atoms with Crippen molar-refractivity contribution in [3.63, 3.8) is 0 Å². The first-order chi connectivity index (χ1) is 9.79. The summed E-state index contributed by atoms with van der Waals surface area (Å²) >= 11 is 0. The van der Waals surface area contributed by atoms with Crippen molar-refractivity contribution in [2.45, 2.75) is 82.9 Å². The van der Waals surface area contributed by atoms with E-state index in [0.29, 0.717) is 6.42 Å². The Hall–Kier alpha value is -0.420. The average molecular weight is 324 g/mol. The van der Waals surface area contributed by atoms with Crippen LogP contribution in [-0.2, 0) is 9.36 Å². The van der Waals surface area contributed by atoms with E-state index in [0.717, 1.165) is 19.3 Å². The molecule has 0 aromatic carbocycles. The first-order valence-corrected chi connectivity index (χ1v) is 9.42. The lowest BCUT2D eigenvalue weighted by molar-refractivity contribution is -0.139. The molecular formula is C14H29O6P. The normalized spacial score (nSPS) is 14.9. The smallest absolute Gasteiger partial charge is 0.331 e. The maximum atomic E-state index is 11.3. The second-order valence-corrected chi connectivity index (χ2v) is 7.43. The van der Waals surface area contributed by atoms with Crippen LogP contribution in [0.1, 0.15) is 71.1 Å². The quantitative estimate of drug-likeness (QED) is 0.306. The zero-order valence-electron chi connectivity index (χ0n) is 12.8. The zero-order chi connectivity index (χ0) is 16.3.